The van der Waals surface area contributed by atoms with Gasteiger partial charge in [-0.2, -0.15) is 0 Å². The molecule has 0 aliphatic carbocycles. The van der Waals surface area contributed by atoms with Crippen molar-refractivity contribution in [2.75, 3.05) is 11.5 Å². The van der Waals surface area contributed by atoms with Gasteiger partial charge in [0.2, 0.25) is 6.29 Å². The van der Waals surface area contributed by atoms with Crippen LogP contribution in [-0.2, 0) is 33.5 Å². The van der Waals surface area contributed by atoms with Crippen LogP contribution in [0.1, 0.15) is 79.5 Å². The number of primary amides is 2. The SMILES string of the molecule is CC(Cl)OC(N)=O.CC(OC(N)=O)OC(=O)CCCC[C@@H]1CCSS1.O=C(O)CCCC[C@@H]1CCSS1.O=CO[O-].[H-].[K+].[K+]. The average Bonchev–Trinajstić information content (AvgIpc) is 3.58. The molecule has 2 aliphatic heterocycles. The fourth-order valence-electron chi connectivity index (χ4n) is 3.01. The number of ether oxygens (including phenoxy) is 3. The Morgan fingerprint density at radius 3 is 1.65 bits per heavy atom. The van der Waals surface area contributed by atoms with E-state index in [4.69, 9.17) is 37.2 Å². The molecule has 0 radical (unpaired) electrons. The van der Waals surface area contributed by atoms with Crippen molar-refractivity contribution in [2.45, 2.75) is 100 Å². The van der Waals surface area contributed by atoms with Crippen molar-refractivity contribution in [2.24, 2.45) is 11.5 Å². The van der Waals surface area contributed by atoms with Crippen molar-refractivity contribution < 1.29 is 158 Å². The molecule has 0 bridgehead atoms. The Bertz CT molecular complexity index is 748. The Morgan fingerprint density at radius 1 is 0.907 bits per heavy atom. The van der Waals surface area contributed by atoms with Gasteiger partial charge in [-0.25, -0.2) is 9.59 Å². The van der Waals surface area contributed by atoms with Gasteiger partial charge in [0.15, 0.2) is 5.56 Å². The number of halogens is 1. The molecule has 0 saturated carbocycles. The predicted molar refractivity (Wildman–Crippen MR) is 162 cm³/mol. The van der Waals surface area contributed by atoms with Crippen molar-refractivity contribution >= 4 is 85.4 Å². The van der Waals surface area contributed by atoms with Crippen LogP contribution in [0.2, 0.25) is 0 Å². The maximum absolute atomic E-state index is 11.4. The molecule has 2 unspecified atom stereocenters. The minimum Gasteiger partial charge on any atom is -1.00 e. The minimum atomic E-state index is -0.939. The molecule has 5 N–H and O–H groups in total. The van der Waals surface area contributed by atoms with Crippen molar-refractivity contribution in [3.8, 4) is 0 Å². The second-order valence-electron chi connectivity index (χ2n) is 8.21. The standard InChI is InChI=1S/C11H19NO4S2.C8H14O2S2.C3H6ClNO2.CH2O3.2K.H/c1-8(16-11(12)14)15-10(13)5-3-2-4-9-6-7-17-18-9;9-8(10)4-2-1-3-7-5-6-11-12-7;1-2(4)7-3(5)6;2-1-4-3;;;/h8-9H,2-7H2,1H3,(H2,12,14);7H,1-6H2,(H,9,10);2H,1H3,(H2,5,6);1,3H;;;/q;;;;2*+1;-1/p-1/t8?,9-;7-;;;;;/m11...../s1. The smallest absolute Gasteiger partial charge is 1.00 e. The Kier molecular flexibility index (Phi) is 44.1. The van der Waals surface area contributed by atoms with Crippen LogP contribution in [0.4, 0.5) is 9.59 Å². The summed E-state index contributed by atoms with van der Waals surface area (Å²) in [5.74, 6) is 1.49. The van der Waals surface area contributed by atoms with E-state index in [1.54, 1.807) is 0 Å². The molecule has 242 valence electrons. The maximum Gasteiger partial charge on any atom is 1.00 e. The third-order valence-corrected chi connectivity index (χ3v) is 10.8. The molecule has 43 heavy (non-hydrogen) atoms. The summed E-state index contributed by atoms with van der Waals surface area (Å²) in [6.45, 7) is 2.79. The molecule has 2 rings (SSSR count). The number of carboxylic acid groups (broad SMARTS) is 1. The Morgan fingerprint density at radius 2 is 1.35 bits per heavy atom. The number of carbonyl (C=O) groups excluding carboxylic acids is 4. The van der Waals surface area contributed by atoms with Crippen LogP contribution >= 0.6 is 54.8 Å². The first-order valence-electron chi connectivity index (χ1n) is 12.7. The molecular formula is C23H41ClK2N2O11S4. The zero-order chi connectivity index (χ0) is 31.5. The van der Waals surface area contributed by atoms with Crippen molar-refractivity contribution in [3.63, 3.8) is 0 Å². The van der Waals surface area contributed by atoms with E-state index in [1.165, 1.54) is 44.6 Å². The van der Waals surface area contributed by atoms with Gasteiger partial charge in [-0.1, -0.05) is 67.6 Å². The third kappa shape index (κ3) is 41.8. The molecule has 4 atom stereocenters. The summed E-state index contributed by atoms with van der Waals surface area (Å²) in [7, 11) is 7.79. The van der Waals surface area contributed by atoms with Gasteiger partial charge in [-0.15, -0.1) is 0 Å². The minimum absolute atomic E-state index is 0. The van der Waals surface area contributed by atoms with Crippen LogP contribution in [0.25, 0.3) is 0 Å². The maximum atomic E-state index is 11.4. The van der Waals surface area contributed by atoms with E-state index >= 15 is 0 Å². The second kappa shape index (κ2) is 36.7. The topological polar surface area (TPSA) is 218 Å². The van der Waals surface area contributed by atoms with Gasteiger partial charge in [0.1, 0.15) is 0 Å². The molecule has 2 aliphatic rings. The number of carboxylic acids is 1. The van der Waals surface area contributed by atoms with Crippen molar-refractivity contribution in [3.05, 3.63) is 0 Å². The zero-order valence-electron chi connectivity index (χ0n) is 26.1. The number of unbranched alkanes of at least 4 members (excludes halogenated alkanes) is 2. The molecule has 0 aromatic rings. The quantitative estimate of drug-likeness (QED) is 0.0216. The fourth-order valence-corrected chi connectivity index (χ4v) is 9.15. The van der Waals surface area contributed by atoms with E-state index in [0.29, 0.717) is 12.8 Å². The molecule has 2 fully saturated rings. The fraction of sp³-hybridized carbons (Fsp3) is 0.783. The van der Waals surface area contributed by atoms with E-state index in [0.717, 1.165) is 42.6 Å². The second-order valence-corrected chi connectivity index (χ2v) is 14.4. The first kappa shape index (κ1) is 51.7. The monoisotopic (exact) mass is 762 g/mol. The van der Waals surface area contributed by atoms with Crippen LogP contribution in [-0.4, -0.2) is 69.6 Å². The van der Waals surface area contributed by atoms with Gasteiger partial charge >= 0.3 is 127 Å². The average molecular weight is 764 g/mol. The van der Waals surface area contributed by atoms with E-state index in [9.17, 15) is 19.2 Å². The summed E-state index contributed by atoms with van der Waals surface area (Å²) in [6.07, 6.45) is 6.69. The summed E-state index contributed by atoms with van der Waals surface area (Å²) in [5.41, 5.74) is 8.72. The van der Waals surface area contributed by atoms with Crippen molar-refractivity contribution in [1.82, 2.24) is 0 Å². The molecule has 20 heteroatoms. The molecule has 13 nitrogen and oxygen atoms in total. The van der Waals surface area contributed by atoms with Crippen molar-refractivity contribution in [1.29, 1.82) is 0 Å². The summed E-state index contributed by atoms with van der Waals surface area (Å²) in [6, 6.07) is 0. The molecular weight excluding hydrogens is 722 g/mol. The third-order valence-electron chi connectivity index (χ3n) is 4.68. The molecule has 2 amide bonds. The molecule has 0 aromatic carbocycles. The van der Waals surface area contributed by atoms with Gasteiger partial charge in [0.05, 0.1) is 0 Å². The number of hydrogen-bond donors (Lipinski definition) is 3. The summed E-state index contributed by atoms with van der Waals surface area (Å²) >= 11 is 5.15. The number of amides is 2. The van der Waals surface area contributed by atoms with Gasteiger partial charge in [-0.3, -0.25) is 14.4 Å². The number of hydrogen-bond acceptors (Lipinski definition) is 14. The molecule has 2 saturated heterocycles. The molecule has 0 spiro atoms. The van der Waals surface area contributed by atoms with Crippen LogP contribution in [0.5, 0.6) is 0 Å². The number of aliphatic carboxylic acids is 1. The Hall–Kier alpha value is 1.87. The summed E-state index contributed by atoms with van der Waals surface area (Å²) in [5, 5.41) is 18.4. The van der Waals surface area contributed by atoms with Gasteiger partial charge < -0.3 is 42.4 Å². The van der Waals surface area contributed by atoms with Crippen LogP contribution < -0.4 is 119 Å². The van der Waals surface area contributed by atoms with Crippen LogP contribution in [0.15, 0.2) is 0 Å². The van der Waals surface area contributed by atoms with Crippen LogP contribution in [0, 0.1) is 0 Å². The van der Waals surface area contributed by atoms with Gasteiger partial charge in [0.25, 0.3) is 6.47 Å². The summed E-state index contributed by atoms with van der Waals surface area (Å²) in [4.78, 5) is 52.9. The number of alkyl halides is 1. The number of esters is 1. The molecule has 0 aromatic heterocycles. The first-order valence-corrected chi connectivity index (χ1v) is 17.9. The van der Waals surface area contributed by atoms with Crippen LogP contribution in [0.3, 0.4) is 0 Å². The van der Waals surface area contributed by atoms with E-state index in [2.05, 4.69) is 20.1 Å². The predicted octanol–water partition coefficient (Wildman–Crippen LogP) is -1.31. The summed E-state index contributed by atoms with van der Waals surface area (Å²) < 4.78 is 13.5. The van der Waals surface area contributed by atoms with Gasteiger partial charge in [-0.05, 0) is 45.4 Å². The zero-order valence-corrected chi connectivity index (χ0v) is 35.3. The van der Waals surface area contributed by atoms with E-state index < -0.39 is 30.0 Å². The van der Waals surface area contributed by atoms with E-state index in [1.807, 2.05) is 43.2 Å². The van der Waals surface area contributed by atoms with Gasteiger partial charge in [0, 0.05) is 41.8 Å². The number of carbonyl (C=O) groups is 5. The first-order chi connectivity index (χ1) is 19.4. The Balaban J connectivity index is -0.000000170. The number of nitrogens with two attached hydrogens (primary N) is 2. The van der Waals surface area contributed by atoms with E-state index in [-0.39, 0.29) is 117 Å². The number of rotatable bonds is 14. The largest absolute Gasteiger partial charge is 1.00 e. The normalized spacial score (nSPS) is 17.5. The Labute approximate surface area is 360 Å². The molecule has 2 heterocycles.